The number of alkyl halides is 1. The van der Waals surface area contributed by atoms with Gasteiger partial charge in [-0.15, -0.1) is 0 Å². The zero-order valence-corrected chi connectivity index (χ0v) is 18.8. The van der Waals surface area contributed by atoms with E-state index in [1.54, 1.807) is 0 Å². The van der Waals surface area contributed by atoms with Gasteiger partial charge in [0.1, 0.15) is 5.56 Å². The van der Waals surface area contributed by atoms with Crippen LogP contribution in [0.5, 0.6) is 0 Å². The van der Waals surface area contributed by atoms with Gasteiger partial charge >= 0.3 is 9.05 Å². The molecule has 1 atom stereocenters. The van der Waals surface area contributed by atoms with Crippen LogP contribution in [0.4, 0.5) is 0 Å². The summed E-state index contributed by atoms with van der Waals surface area (Å²) >= 11 is 6.37. The Morgan fingerprint density at radius 1 is 0.633 bits per heavy atom. The lowest BCUT2D eigenvalue weighted by Crippen LogP contribution is -2.50. The molecule has 0 bridgehead atoms. The fraction of sp³-hybridized carbons (Fsp3) is 0.250. The topological polar surface area (TPSA) is 36.9 Å². The summed E-state index contributed by atoms with van der Waals surface area (Å²) in [4.78, 5) is 0. The van der Waals surface area contributed by atoms with Gasteiger partial charge in [0, 0.05) is 0 Å². The summed E-state index contributed by atoms with van der Waals surface area (Å²) in [5.41, 5.74) is 2.45. The first-order valence-electron chi connectivity index (χ1n) is 10.0. The fourth-order valence-corrected chi connectivity index (χ4v) is 5.00. The number of hydrogen-bond donors (Lipinski definition) is 0. The maximum Gasteiger partial charge on any atom is 0.681 e. The van der Waals surface area contributed by atoms with Crippen LogP contribution in [0.3, 0.4) is 0 Å². The van der Waals surface area contributed by atoms with Gasteiger partial charge in [-0.3, -0.25) is 0 Å². The van der Waals surface area contributed by atoms with Crippen molar-refractivity contribution in [1.29, 1.82) is 0 Å². The Balaban J connectivity index is 1.79. The minimum absolute atomic E-state index is 0.309. The van der Waals surface area contributed by atoms with Gasteiger partial charge in [-0.25, -0.2) is 0 Å². The molecule has 6 heteroatoms. The molecule has 0 aliphatic heterocycles. The van der Waals surface area contributed by atoms with Gasteiger partial charge in [0.25, 0.3) is 0 Å². The van der Waals surface area contributed by atoms with Crippen LogP contribution < -0.4 is 0 Å². The minimum Gasteiger partial charge on any atom is -0.347 e. The Morgan fingerprint density at radius 2 is 0.967 bits per heavy atom. The second-order valence-corrected chi connectivity index (χ2v) is 9.35. The van der Waals surface area contributed by atoms with E-state index in [1.165, 1.54) is 0 Å². The first-order valence-corrected chi connectivity index (χ1v) is 12.1. The Labute approximate surface area is 184 Å². The number of rotatable bonds is 12. The van der Waals surface area contributed by atoms with Gasteiger partial charge in [-0.1, -0.05) is 110 Å². The molecule has 0 aliphatic carbocycles. The van der Waals surface area contributed by atoms with Crippen LogP contribution in [0.1, 0.15) is 30.0 Å². The zero-order valence-electron chi connectivity index (χ0n) is 17.1. The fourth-order valence-electron chi connectivity index (χ4n) is 2.70. The molecule has 0 radical (unpaired) electrons. The molecule has 3 aromatic rings. The summed E-state index contributed by atoms with van der Waals surface area (Å²) in [7, 11) is -3.56. The molecule has 3 aromatic carbocycles. The summed E-state index contributed by atoms with van der Waals surface area (Å²) < 4.78 is 24.7. The molecule has 0 fully saturated rings. The number of halogens is 1. The first kappa shape index (κ1) is 22.7. The van der Waals surface area contributed by atoms with Crippen LogP contribution in [-0.2, 0) is 37.5 Å². The smallest absolute Gasteiger partial charge is 0.347 e. The van der Waals surface area contributed by atoms with E-state index in [0.717, 1.165) is 16.7 Å². The van der Waals surface area contributed by atoms with E-state index in [-0.39, 0.29) is 0 Å². The summed E-state index contributed by atoms with van der Waals surface area (Å²) in [6.45, 7) is 2.88. The third-order valence-electron chi connectivity index (χ3n) is 4.37. The van der Waals surface area contributed by atoms with Gasteiger partial charge in [-0.05, 0) is 23.1 Å². The SMILES string of the molecule is CCC(Cl)O[Si](OCc1ccccc1)(OCc1ccccc1)OCc1ccccc1. The van der Waals surface area contributed by atoms with Crippen LogP contribution in [0.15, 0.2) is 91.0 Å². The quantitative estimate of drug-likeness (QED) is 0.252. The Kier molecular flexibility index (Phi) is 9.08. The molecule has 30 heavy (non-hydrogen) atoms. The molecule has 0 aliphatic rings. The van der Waals surface area contributed by atoms with Gasteiger partial charge in [0.15, 0.2) is 0 Å². The molecule has 0 spiro atoms. The van der Waals surface area contributed by atoms with E-state index in [9.17, 15) is 0 Å². The summed E-state index contributed by atoms with van der Waals surface area (Å²) in [6.07, 6.45) is 0.606. The van der Waals surface area contributed by atoms with E-state index in [2.05, 4.69) is 0 Å². The van der Waals surface area contributed by atoms with Crippen molar-refractivity contribution in [2.75, 3.05) is 0 Å². The van der Waals surface area contributed by atoms with E-state index >= 15 is 0 Å². The summed E-state index contributed by atoms with van der Waals surface area (Å²) in [5, 5.41) is 0. The van der Waals surface area contributed by atoms with E-state index in [4.69, 9.17) is 29.3 Å². The molecular formula is C24H27ClO4Si. The monoisotopic (exact) mass is 442 g/mol. The molecule has 0 heterocycles. The van der Waals surface area contributed by atoms with E-state index in [1.807, 2.05) is 97.9 Å². The van der Waals surface area contributed by atoms with Crippen LogP contribution in [-0.4, -0.2) is 14.6 Å². The van der Waals surface area contributed by atoms with Crippen molar-refractivity contribution in [3.8, 4) is 0 Å². The average Bonchev–Trinajstić information content (AvgIpc) is 2.82. The van der Waals surface area contributed by atoms with Crippen molar-refractivity contribution >= 4 is 20.6 Å². The lowest BCUT2D eigenvalue weighted by molar-refractivity contribution is -0.0547. The molecule has 0 saturated carbocycles. The minimum atomic E-state index is -3.56. The van der Waals surface area contributed by atoms with Crippen molar-refractivity contribution in [3.63, 3.8) is 0 Å². The highest BCUT2D eigenvalue weighted by atomic mass is 35.5. The van der Waals surface area contributed by atoms with Gasteiger partial charge in [0.05, 0.1) is 19.8 Å². The largest absolute Gasteiger partial charge is 0.681 e. The van der Waals surface area contributed by atoms with E-state index < -0.39 is 14.6 Å². The maximum atomic E-state index is 6.37. The Hall–Kier alpha value is -1.99. The third-order valence-corrected chi connectivity index (χ3v) is 6.98. The second kappa shape index (κ2) is 12.0. The predicted octanol–water partition coefficient (Wildman–Crippen LogP) is 6.06. The highest BCUT2D eigenvalue weighted by Gasteiger charge is 2.48. The molecule has 0 saturated heterocycles. The van der Waals surface area contributed by atoms with Crippen molar-refractivity contribution in [3.05, 3.63) is 108 Å². The predicted molar refractivity (Wildman–Crippen MR) is 120 cm³/mol. The normalized spacial score (nSPS) is 12.6. The van der Waals surface area contributed by atoms with Gasteiger partial charge < -0.3 is 17.7 Å². The van der Waals surface area contributed by atoms with Crippen molar-refractivity contribution < 1.29 is 17.7 Å². The number of hydrogen-bond acceptors (Lipinski definition) is 4. The zero-order chi connectivity index (χ0) is 21.1. The second-order valence-electron chi connectivity index (χ2n) is 6.76. The molecule has 3 rings (SSSR count). The molecular weight excluding hydrogens is 416 g/mol. The lowest BCUT2D eigenvalue weighted by Gasteiger charge is -2.30. The molecule has 0 aromatic heterocycles. The Morgan fingerprint density at radius 3 is 1.27 bits per heavy atom. The molecule has 4 nitrogen and oxygen atoms in total. The van der Waals surface area contributed by atoms with Crippen LogP contribution in [0.25, 0.3) is 0 Å². The van der Waals surface area contributed by atoms with E-state index in [0.29, 0.717) is 26.2 Å². The molecule has 1 unspecified atom stereocenters. The summed E-state index contributed by atoms with van der Waals surface area (Å²) in [5.74, 6) is 0. The van der Waals surface area contributed by atoms with Crippen molar-refractivity contribution in [2.45, 2.75) is 38.7 Å². The average molecular weight is 443 g/mol. The standard InChI is InChI=1S/C24H27ClO4Si/c1-2-24(25)29-30(26-18-21-12-6-3-7-13-21,27-19-22-14-8-4-9-15-22)28-20-23-16-10-5-11-17-23/h3-17,24H,2,18-20H2,1H3. The van der Waals surface area contributed by atoms with Gasteiger partial charge in [-0.2, -0.15) is 0 Å². The maximum absolute atomic E-state index is 6.37. The van der Waals surface area contributed by atoms with Crippen LogP contribution >= 0.6 is 11.6 Å². The molecule has 158 valence electrons. The third kappa shape index (κ3) is 7.36. The first-order chi connectivity index (χ1) is 14.7. The molecule has 0 amide bonds. The molecule has 0 N–H and O–H groups in total. The lowest BCUT2D eigenvalue weighted by atomic mass is 10.2. The van der Waals surface area contributed by atoms with Crippen LogP contribution in [0.2, 0.25) is 0 Å². The summed E-state index contributed by atoms with van der Waals surface area (Å²) in [6, 6.07) is 29.7. The highest BCUT2D eigenvalue weighted by Crippen LogP contribution is 2.23. The van der Waals surface area contributed by atoms with Crippen molar-refractivity contribution in [1.82, 2.24) is 0 Å². The van der Waals surface area contributed by atoms with Gasteiger partial charge in [0.2, 0.25) is 0 Å². The Bertz CT molecular complexity index is 743. The highest BCUT2D eigenvalue weighted by molar-refractivity contribution is 6.54. The number of benzene rings is 3. The van der Waals surface area contributed by atoms with Crippen LogP contribution in [0, 0.1) is 0 Å². The van der Waals surface area contributed by atoms with Crippen molar-refractivity contribution in [2.24, 2.45) is 0 Å².